The number of alkyl halides is 3. The first-order valence-electron chi connectivity index (χ1n) is 8.45. The number of halogens is 4. The Morgan fingerprint density at radius 2 is 1.76 bits per heavy atom. The zero-order valence-electron chi connectivity index (χ0n) is 15.1. The number of aryl methyl sites for hydroxylation is 1. The third-order valence-electron chi connectivity index (χ3n) is 4.06. The van der Waals surface area contributed by atoms with Crippen LogP contribution in [-0.4, -0.2) is 15.7 Å². The molecule has 29 heavy (non-hydrogen) atoms. The lowest BCUT2D eigenvalue weighted by Crippen LogP contribution is -2.29. The van der Waals surface area contributed by atoms with E-state index in [1.54, 1.807) is 0 Å². The summed E-state index contributed by atoms with van der Waals surface area (Å²) in [5, 5.41) is 6.35. The zero-order valence-corrected chi connectivity index (χ0v) is 15.1. The molecule has 1 heterocycles. The van der Waals surface area contributed by atoms with E-state index in [4.69, 9.17) is 0 Å². The van der Waals surface area contributed by atoms with Crippen LogP contribution in [0.15, 0.2) is 59.4 Å². The van der Waals surface area contributed by atoms with Gasteiger partial charge in [0.2, 0.25) is 5.91 Å². The molecule has 1 aromatic heterocycles. The van der Waals surface area contributed by atoms with Gasteiger partial charge >= 0.3 is 6.18 Å². The van der Waals surface area contributed by atoms with Crippen molar-refractivity contribution in [3.8, 4) is 11.3 Å². The topological polar surface area (TPSA) is 64.0 Å². The molecular formula is C20H15F4N3O2. The van der Waals surface area contributed by atoms with Crippen molar-refractivity contribution in [1.29, 1.82) is 0 Å². The van der Waals surface area contributed by atoms with Gasteiger partial charge in [-0.05, 0) is 31.2 Å². The Bertz CT molecular complexity index is 1110. The first-order chi connectivity index (χ1) is 13.6. The average Bonchev–Trinajstić information content (AvgIpc) is 2.65. The summed E-state index contributed by atoms with van der Waals surface area (Å²) in [6.45, 7) is 1.40. The number of rotatable bonds is 4. The van der Waals surface area contributed by atoms with Crippen molar-refractivity contribution in [3.05, 3.63) is 81.9 Å². The SMILES string of the molecule is Cc1ccc(-c2ccc(=O)n(CC(=O)Nc3ccc(F)c(C(F)(F)F)c3)n2)cc1. The van der Waals surface area contributed by atoms with E-state index >= 15 is 0 Å². The van der Waals surface area contributed by atoms with E-state index in [1.165, 1.54) is 12.1 Å². The van der Waals surface area contributed by atoms with Crippen LogP contribution in [0.4, 0.5) is 23.2 Å². The first kappa shape index (κ1) is 20.2. The van der Waals surface area contributed by atoms with Crippen LogP contribution in [0.25, 0.3) is 11.3 Å². The van der Waals surface area contributed by atoms with Gasteiger partial charge in [0.1, 0.15) is 12.4 Å². The molecular weight excluding hydrogens is 390 g/mol. The zero-order chi connectivity index (χ0) is 21.2. The Balaban J connectivity index is 1.80. The molecule has 1 amide bonds. The molecule has 5 nitrogen and oxygen atoms in total. The van der Waals surface area contributed by atoms with E-state index < -0.39 is 35.6 Å². The molecule has 0 atom stereocenters. The summed E-state index contributed by atoms with van der Waals surface area (Å²) in [7, 11) is 0. The maximum Gasteiger partial charge on any atom is 0.419 e. The fourth-order valence-electron chi connectivity index (χ4n) is 2.60. The van der Waals surface area contributed by atoms with Crippen molar-refractivity contribution in [3.63, 3.8) is 0 Å². The highest BCUT2D eigenvalue weighted by molar-refractivity contribution is 5.90. The van der Waals surface area contributed by atoms with Crippen LogP contribution in [0.1, 0.15) is 11.1 Å². The van der Waals surface area contributed by atoms with Crippen LogP contribution in [0, 0.1) is 12.7 Å². The van der Waals surface area contributed by atoms with Gasteiger partial charge in [-0.25, -0.2) is 9.07 Å². The molecule has 0 bridgehead atoms. The van der Waals surface area contributed by atoms with Crippen molar-refractivity contribution in [2.75, 3.05) is 5.32 Å². The summed E-state index contributed by atoms with van der Waals surface area (Å²) >= 11 is 0. The molecule has 0 saturated heterocycles. The summed E-state index contributed by atoms with van der Waals surface area (Å²) in [6, 6.07) is 12.2. The number of anilines is 1. The van der Waals surface area contributed by atoms with Gasteiger partial charge in [-0.3, -0.25) is 9.59 Å². The number of amides is 1. The molecule has 2 aromatic carbocycles. The summed E-state index contributed by atoms with van der Waals surface area (Å²) in [5.41, 5.74) is -0.0554. The lowest BCUT2D eigenvalue weighted by atomic mass is 10.1. The van der Waals surface area contributed by atoms with Crippen LogP contribution in [0.5, 0.6) is 0 Å². The number of carbonyl (C=O) groups excluding carboxylic acids is 1. The smallest absolute Gasteiger partial charge is 0.324 e. The maximum absolute atomic E-state index is 13.3. The minimum Gasteiger partial charge on any atom is -0.324 e. The second kappa shape index (κ2) is 7.86. The predicted molar refractivity (Wildman–Crippen MR) is 98.7 cm³/mol. The number of benzene rings is 2. The van der Waals surface area contributed by atoms with E-state index in [-0.39, 0.29) is 5.69 Å². The lowest BCUT2D eigenvalue weighted by Gasteiger charge is -2.12. The molecule has 1 N–H and O–H groups in total. The molecule has 0 aliphatic heterocycles. The van der Waals surface area contributed by atoms with Gasteiger partial charge in [0.15, 0.2) is 0 Å². The molecule has 0 fully saturated rings. The molecule has 150 valence electrons. The van der Waals surface area contributed by atoms with Crippen LogP contribution >= 0.6 is 0 Å². The minimum atomic E-state index is -4.90. The lowest BCUT2D eigenvalue weighted by molar-refractivity contribution is -0.140. The fraction of sp³-hybridized carbons (Fsp3) is 0.150. The highest BCUT2D eigenvalue weighted by Gasteiger charge is 2.34. The molecule has 3 rings (SSSR count). The second-order valence-corrected chi connectivity index (χ2v) is 6.32. The van der Waals surface area contributed by atoms with Gasteiger partial charge in [0, 0.05) is 17.3 Å². The Morgan fingerprint density at radius 1 is 1.07 bits per heavy atom. The van der Waals surface area contributed by atoms with Crippen LogP contribution < -0.4 is 10.9 Å². The summed E-state index contributed by atoms with van der Waals surface area (Å²) in [4.78, 5) is 24.2. The Morgan fingerprint density at radius 3 is 2.41 bits per heavy atom. The van der Waals surface area contributed by atoms with Crippen molar-refractivity contribution in [2.45, 2.75) is 19.6 Å². The van der Waals surface area contributed by atoms with Crippen LogP contribution in [0.2, 0.25) is 0 Å². The molecule has 0 aliphatic carbocycles. The standard InChI is InChI=1S/C20H15F4N3O2/c1-12-2-4-13(5-3-12)17-8-9-19(29)27(26-17)11-18(28)25-14-6-7-16(21)15(10-14)20(22,23)24/h2-10H,11H2,1H3,(H,25,28). The van der Waals surface area contributed by atoms with E-state index in [1.807, 2.05) is 31.2 Å². The van der Waals surface area contributed by atoms with Gasteiger partial charge in [-0.1, -0.05) is 29.8 Å². The number of hydrogen-bond donors (Lipinski definition) is 1. The Hall–Kier alpha value is -3.49. The monoisotopic (exact) mass is 405 g/mol. The summed E-state index contributed by atoms with van der Waals surface area (Å²) < 4.78 is 52.6. The first-order valence-corrected chi connectivity index (χ1v) is 8.45. The van der Waals surface area contributed by atoms with Crippen molar-refractivity contribution in [2.24, 2.45) is 0 Å². The highest BCUT2D eigenvalue weighted by Crippen LogP contribution is 2.33. The molecule has 0 radical (unpaired) electrons. The summed E-state index contributed by atoms with van der Waals surface area (Å²) in [6.07, 6.45) is -4.90. The maximum atomic E-state index is 13.3. The van der Waals surface area contributed by atoms with E-state index in [0.29, 0.717) is 17.8 Å². The number of nitrogens with one attached hydrogen (secondary N) is 1. The van der Waals surface area contributed by atoms with Crippen molar-refractivity contribution >= 4 is 11.6 Å². The largest absolute Gasteiger partial charge is 0.419 e. The number of aromatic nitrogens is 2. The third-order valence-corrected chi connectivity index (χ3v) is 4.06. The predicted octanol–water partition coefficient (Wildman–Crippen LogP) is 4.02. The third kappa shape index (κ3) is 4.87. The van der Waals surface area contributed by atoms with Crippen LogP contribution in [0.3, 0.4) is 0 Å². The summed E-state index contributed by atoms with van der Waals surface area (Å²) in [5.74, 6) is -2.22. The second-order valence-electron chi connectivity index (χ2n) is 6.32. The van der Waals surface area contributed by atoms with E-state index in [9.17, 15) is 27.2 Å². The van der Waals surface area contributed by atoms with E-state index in [0.717, 1.165) is 21.9 Å². The van der Waals surface area contributed by atoms with Gasteiger partial charge < -0.3 is 5.32 Å². The molecule has 0 unspecified atom stereocenters. The Labute approximate surface area is 162 Å². The minimum absolute atomic E-state index is 0.244. The van der Waals surface area contributed by atoms with Gasteiger partial charge in [-0.15, -0.1) is 0 Å². The van der Waals surface area contributed by atoms with Gasteiger partial charge in [0.25, 0.3) is 5.56 Å². The molecule has 0 spiro atoms. The number of carbonyl (C=O) groups is 1. The molecule has 0 aliphatic rings. The molecule has 0 saturated carbocycles. The number of hydrogen-bond acceptors (Lipinski definition) is 3. The number of nitrogens with zero attached hydrogens (tertiary/aromatic N) is 2. The van der Waals surface area contributed by atoms with E-state index in [2.05, 4.69) is 10.4 Å². The van der Waals surface area contributed by atoms with Gasteiger partial charge in [0.05, 0.1) is 11.3 Å². The van der Waals surface area contributed by atoms with Gasteiger partial charge in [-0.2, -0.15) is 18.3 Å². The normalized spacial score (nSPS) is 11.3. The molecule has 9 heteroatoms. The molecule has 3 aromatic rings. The Kier molecular flexibility index (Phi) is 5.49. The highest BCUT2D eigenvalue weighted by atomic mass is 19.4. The van der Waals surface area contributed by atoms with Crippen molar-refractivity contribution < 1.29 is 22.4 Å². The quantitative estimate of drug-likeness (QED) is 0.667. The van der Waals surface area contributed by atoms with Crippen molar-refractivity contribution in [1.82, 2.24) is 9.78 Å². The fourth-order valence-corrected chi connectivity index (χ4v) is 2.60. The average molecular weight is 405 g/mol. The van der Waals surface area contributed by atoms with Crippen LogP contribution in [-0.2, 0) is 17.5 Å².